The van der Waals surface area contributed by atoms with E-state index in [1.54, 1.807) is 36.4 Å². The lowest BCUT2D eigenvalue weighted by Crippen LogP contribution is -2.13. The number of halogens is 1. The highest BCUT2D eigenvalue weighted by Gasteiger charge is 2.12. The smallest absolute Gasteiger partial charge is 0.255 e. The summed E-state index contributed by atoms with van der Waals surface area (Å²) < 4.78 is 30.3. The molecule has 3 aromatic rings. The topological polar surface area (TPSA) is 97.4 Å². The summed E-state index contributed by atoms with van der Waals surface area (Å²) in [5, 5.41) is 3.93. The van der Waals surface area contributed by atoms with E-state index in [1.165, 1.54) is 19.2 Å². The second kappa shape index (κ2) is 7.42. The zero-order chi connectivity index (χ0) is 19.6. The molecule has 0 radical (unpaired) electrons. The van der Waals surface area contributed by atoms with Crippen molar-refractivity contribution in [1.82, 2.24) is 4.98 Å². The van der Waals surface area contributed by atoms with Crippen LogP contribution in [-0.4, -0.2) is 32.7 Å². The second-order valence-electron chi connectivity index (χ2n) is 5.78. The molecule has 1 heterocycles. The fraction of sp³-hybridized carbons (Fsp3) is 0.111. The van der Waals surface area contributed by atoms with Gasteiger partial charge in [0.05, 0.1) is 24.6 Å². The van der Waals surface area contributed by atoms with Gasteiger partial charge in [0.2, 0.25) is 10.0 Å². The molecule has 140 valence electrons. The highest BCUT2D eigenvalue weighted by atomic mass is 35.5. The molecule has 0 aliphatic carbocycles. The first-order valence-electron chi connectivity index (χ1n) is 7.79. The van der Waals surface area contributed by atoms with Crippen molar-refractivity contribution in [3.8, 4) is 5.75 Å². The van der Waals surface area contributed by atoms with Crippen LogP contribution in [0.3, 0.4) is 0 Å². The van der Waals surface area contributed by atoms with Crippen molar-refractivity contribution in [1.29, 1.82) is 0 Å². The number of rotatable bonds is 5. The fourth-order valence-electron chi connectivity index (χ4n) is 2.50. The molecule has 2 N–H and O–H groups in total. The number of hydrogen-bond acceptors (Lipinski definition) is 5. The number of pyridine rings is 1. The lowest BCUT2D eigenvalue weighted by molar-refractivity contribution is 0.102. The van der Waals surface area contributed by atoms with Gasteiger partial charge in [0, 0.05) is 22.7 Å². The lowest BCUT2D eigenvalue weighted by atomic mass is 10.1. The Hall–Kier alpha value is -2.84. The molecule has 9 heteroatoms. The second-order valence-corrected chi connectivity index (χ2v) is 7.92. The molecule has 7 nitrogen and oxygen atoms in total. The SMILES string of the molecule is COc1cc(NC(=O)c2ccc3nc(Cl)ccc3c2)ccc1NS(C)(=O)=O. The normalized spacial score (nSPS) is 11.2. The molecular formula is C18H16ClN3O4S. The molecular weight excluding hydrogens is 390 g/mol. The Morgan fingerprint density at radius 2 is 1.89 bits per heavy atom. The van der Waals surface area contributed by atoms with Crippen LogP contribution in [0.2, 0.25) is 5.15 Å². The number of aromatic nitrogens is 1. The van der Waals surface area contributed by atoms with E-state index in [1.807, 2.05) is 0 Å². The van der Waals surface area contributed by atoms with Crippen LogP contribution in [0.5, 0.6) is 5.75 Å². The molecule has 0 saturated heterocycles. The number of amides is 1. The zero-order valence-electron chi connectivity index (χ0n) is 14.5. The lowest BCUT2D eigenvalue weighted by Gasteiger charge is -2.12. The first-order valence-corrected chi connectivity index (χ1v) is 10.1. The maximum Gasteiger partial charge on any atom is 0.255 e. The van der Waals surface area contributed by atoms with Crippen LogP contribution in [0.4, 0.5) is 11.4 Å². The van der Waals surface area contributed by atoms with Gasteiger partial charge >= 0.3 is 0 Å². The van der Waals surface area contributed by atoms with Crippen LogP contribution in [-0.2, 0) is 10.0 Å². The van der Waals surface area contributed by atoms with E-state index in [-0.39, 0.29) is 17.3 Å². The number of ether oxygens (including phenoxy) is 1. The Labute approximate surface area is 161 Å². The van der Waals surface area contributed by atoms with Crippen molar-refractivity contribution in [3.63, 3.8) is 0 Å². The molecule has 0 spiro atoms. The highest BCUT2D eigenvalue weighted by Crippen LogP contribution is 2.29. The summed E-state index contributed by atoms with van der Waals surface area (Å²) in [6.07, 6.45) is 1.05. The molecule has 3 rings (SSSR count). The Morgan fingerprint density at radius 1 is 1.11 bits per heavy atom. The number of carbonyl (C=O) groups is 1. The van der Waals surface area contributed by atoms with Crippen LogP contribution >= 0.6 is 11.6 Å². The monoisotopic (exact) mass is 405 g/mol. The summed E-state index contributed by atoms with van der Waals surface area (Å²) in [5.41, 5.74) is 1.89. The largest absolute Gasteiger partial charge is 0.494 e. The van der Waals surface area contributed by atoms with Gasteiger partial charge in [0.15, 0.2) is 0 Å². The first-order chi connectivity index (χ1) is 12.7. The standard InChI is InChI=1S/C18H16ClN3O4S/c1-26-16-10-13(5-7-15(16)22-27(2,24)25)20-18(23)12-3-6-14-11(9-12)4-8-17(19)21-14/h3-10,22H,1-2H3,(H,20,23). The Kier molecular flexibility index (Phi) is 5.20. The molecule has 0 bridgehead atoms. The van der Waals surface area contributed by atoms with Crippen molar-refractivity contribution < 1.29 is 17.9 Å². The summed E-state index contributed by atoms with van der Waals surface area (Å²) in [6.45, 7) is 0. The summed E-state index contributed by atoms with van der Waals surface area (Å²) in [6, 6.07) is 13.2. The van der Waals surface area contributed by atoms with E-state index < -0.39 is 10.0 Å². The van der Waals surface area contributed by atoms with E-state index >= 15 is 0 Å². The fourth-order valence-corrected chi connectivity index (χ4v) is 3.22. The molecule has 0 aliphatic heterocycles. The molecule has 0 fully saturated rings. The van der Waals surface area contributed by atoms with Crippen LogP contribution < -0.4 is 14.8 Å². The van der Waals surface area contributed by atoms with Crippen molar-refractivity contribution in [3.05, 3.63) is 59.2 Å². The summed E-state index contributed by atoms with van der Waals surface area (Å²) in [4.78, 5) is 16.7. The Morgan fingerprint density at radius 3 is 2.59 bits per heavy atom. The number of nitrogens with zero attached hydrogens (tertiary/aromatic N) is 1. The number of hydrogen-bond donors (Lipinski definition) is 2. The summed E-state index contributed by atoms with van der Waals surface area (Å²) in [7, 11) is -2.03. The third kappa shape index (κ3) is 4.66. The third-order valence-corrected chi connectivity index (χ3v) is 4.47. The van der Waals surface area contributed by atoms with Gasteiger partial charge in [-0.2, -0.15) is 0 Å². The van der Waals surface area contributed by atoms with E-state index in [0.717, 1.165) is 11.6 Å². The van der Waals surface area contributed by atoms with Gasteiger partial charge in [-0.15, -0.1) is 0 Å². The third-order valence-electron chi connectivity index (χ3n) is 3.67. The number of methoxy groups -OCH3 is 1. The maximum atomic E-state index is 12.5. The van der Waals surface area contributed by atoms with Crippen molar-refractivity contribution in [2.24, 2.45) is 0 Å². The molecule has 0 aliphatic rings. The van der Waals surface area contributed by atoms with Crippen LogP contribution in [0, 0.1) is 0 Å². The average molecular weight is 406 g/mol. The zero-order valence-corrected chi connectivity index (χ0v) is 16.1. The quantitative estimate of drug-likeness (QED) is 0.633. The summed E-state index contributed by atoms with van der Waals surface area (Å²) >= 11 is 5.86. The van der Waals surface area contributed by atoms with Crippen molar-refractivity contribution in [2.45, 2.75) is 0 Å². The summed E-state index contributed by atoms with van der Waals surface area (Å²) in [5.74, 6) is -0.0340. The molecule has 1 amide bonds. The van der Waals surface area contributed by atoms with Crippen LogP contribution in [0.25, 0.3) is 10.9 Å². The van der Waals surface area contributed by atoms with Crippen LogP contribution in [0.15, 0.2) is 48.5 Å². The number of anilines is 2. The van der Waals surface area contributed by atoms with Gasteiger partial charge in [-0.05, 0) is 42.5 Å². The molecule has 0 atom stereocenters. The van der Waals surface area contributed by atoms with E-state index in [4.69, 9.17) is 16.3 Å². The number of carbonyl (C=O) groups excluding carboxylic acids is 1. The first kappa shape index (κ1) is 18.9. The maximum absolute atomic E-state index is 12.5. The predicted octanol–water partition coefficient (Wildman–Crippen LogP) is 3.52. The molecule has 27 heavy (non-hydrogen) atoms. The van der Waals surface area contributed by atoms with E-state index in [0.29, 0.717) is 21.9 Å². The Bertz CT molecular complexity index is 1130. The molecule has 1 aromatic heterocycles. The van der Waals surface area contributed by atoms with Crippen LogP contribution in [0.1, 0.15) is 10.4 Å². The predicted molar refractivity (Wildman–Crippen MR) is 106 cm³/mol. The minimum atomic E-state index is -3.45. The van der Waals surface area contributed by atoms with E-state index in [2.05, 4.69) is 15.0 Å². The van der Waals surface area contributed by atoms with Gasteiger partial charge in [0.25, 0.3) is 5.91 Å². The van der Waals surface area contributed by atoms with Crippen molar-refractivity contribution >= 4 is 49.8 Å². The van der Waals surface area contributed by atoms with Gasteiger partial charge in [-0.1, -0.05) is 11.6 Å². The minimum absolute atomic E-state index is 0.284. The van der Waals surface area contributed by atoms with Gasteiger partial charge < -0.3 is 10.1 Å². The van der Waals surface area contributed by atoms with E-state index in [9.17, 15) is 13.2 Å². The number of benzene rings is 2. The van der Waals surface area contributed by atoms with Gasteiger partial charge in [-0.3, -0.25) is 9.52 Å². The molecule has 2 aromatic carbocycles. The minimum Gasteiger partial charge on any atom is -0.494 e. The highest BCUT2D eigenvalue weighted by molar-refractivity contribution is 7.92. The number of nitrogens with one attached hydrogen (secondary N) is 2. The molecule has 0 unspecified atom stereocenters. The number of fused-ring (bicyclic) bond motifs is 1. The average Bonchev–Trinajstić information content (AvgIpc) is 2.61. The van der Waals surface area contributed by atoms with Gasteiger partial charge in [-0.25, -0.2) is 13.4 Å². The Balaban J connectivity index is 1.84. The van der Waals surface area contributed by atoms with Gasteiger partial charge in [0.1, 0.15) is 10.9 Å². The molecule has 0 saturated carbocycles. The number of sulfonamides is 1. The van der Waals surface area contributed by atoms with Crippen molar-refractivity contribution in [2.75, 3.05) is 23.4 Å².